The Balaban J connectivity index is 1.45. The fourth-order valence-corrected chi connectivity index (χ4v) is 3.30. The van der Waals surface area contributed by atoms with E-state index in [2.05, 4.69) is 34.7 Å². The molecular formula is C21H21N3O. The number of aryl methyl sites for hydroxylation is 1. The maximum absolute atomic E-state index is 12.6. The lowest BCUT2D eigenvalue weighted by Crippen LogP contribution is -2.18. The number of aromatic nitrogens is 2. The maximum Gasteiger partial charge on any atom is 0.229 e. The summed E-state index contributed by atoms with van der Waals surface area (Å²) in [6.07, 6.45) is 0.918. The van der Waals surface area contributed by atoms with Gasteiger partial charge in [-0.2, -0.15) is 5.10 Å². The van der Waals surface area contributed by atoms with Crippen molar-refractivity contribution in [2.75, 3.05) is 5.32 Å². The largest absolute Gasteiger partial charge is 0.311 e. The molecule has 1 amide bonds. The molecule has 1 aromatic heterocycles. The van der Waals surface area contributed by atoms with Gasteiger partial charge in [-0.25, -0.2) is 4.68 Å². The third-order valence-electron chi connectivity index (χ3n) is 4.68. The molecular weight excluding hydrogens is 310 g/mol. The van der Waals surface area contributed by atoms with Crippen LogP contribution in [0.3, 0.4) is 0 Å². The first kappa shape index (κ1) is 15.6. The van der Waals surface area contributed by atoms with Gasteiger partial charge in [0, 0.05) is 12.0 Å². The number of nitrogens with zero attached hydrogens (tertiary/aromatic N) is 2. The number of hydrogen-bond donors (Lipinski definition) is 1. The van der Waals surface area contributed by atoms with Gasteiger partial charge in [-0.05, 0) is 30.4 Å². The van der Waals surface area contributed by atoms with Crippen molar-refractivity contribution in [3.63, 3.8) is 0 Å². The lowest BCUT2D eigenvalue weighted by atomic mass is 10.1. The van der Waals surface area contributed by atoms with Crippen molar-refractivity contribution >= 4 is 11.7 Å². The minimum absolute atomic E-state index is 0.0581. The fourth-order valence-electron chi connectivity index (χ4n) is 3.30. The van der Waals surface area contributed by atoms with Gasteiger partial charge in [-0.1, -0.05) is 60.7 Å². The summed E-state index contributed by atoms with van der Waals surface area (Å²) in [6.45, 7) is 2.60. The second-order valence-electron chi connectivity index (χ2n) is 6.66. The highest BCUT2D eigenvalue weighted by Crippen LogP contribution is 2.47. The third kappa shape index (κ3) is 3.48. The van der Waals surface area contributed by atoms with E-state index in [1.807, 2.05) is 54.1 Å². The molecule has 2 aromatic carbocycles. The Morgan fingerprint density at radius 1 is 1.12 bits per heavy atom. The van der Waals surface area contributed by atoms with Crippen LogP contribution in [0.1, 0.15) is 29.2 Å². The highest BCUT2D eigenvalue weighted by atomic mass is 16.2. The zero-order valence-corrected chi connectivity index (χ0v) is 14.2. The molecule has 4 heteroatoms. The van der Waals surface area contributed by atoms with Crippen molar-refractivity contribution in [1.29, 1.82) is 0 Å². The van der Waals surface area contributed by atoms with E-state index < -0.39 is 0 Å². The van der Waals surface area contributed by atoms with Gasteiger partial charge in [-0.3, -0.25) is 4.79 Å². The monoisotopic (exact) mass is 331 g/mol. The molecule has 1 aliphatic carbocycles. The molecule has 1 fully saturated rings. The Morgan fingerprint density at radius 3 is 2.52 bits per heavy atom. The fraction of sp³-hybridized carbons (Fsp3) is 0.238. The number of benzene rings is 2. The highest BCUT2D eigenvalue weighted by molar-refractivity contribution is 5.94. The van der Waals surface area contributed by atoms with Crippen LogP contribution in [0.4, 0.5) is 5.82 Å². The average Bonchev–Trinajstić information content (AvgIpc) is 3.36. The number of carbonyl (C=O) groups is 1. The predicted molar refractivity (Wildman–Crippen MR) is 98.4 cm³/mol. The molecule has 0 spiro atoms. The van der Waals surface area contributed by atoms with Crippen molar-refractivity contribution in [2.45, 2.75) is 25.8 Å². The van der Waals surface area contributed by atoms with Crippen molar-refractivity contribution in [3.05, 3.63) is 83.6 Å². The summed E-state index contributed by atoms with van der Waals surface area (Å²) in [5.41, 5.74) is 3.31. The minimum atomic E-state index is 0.0581. The van der Waals surface area contributed by atoms with Crippen LogP contribution >= 0.6 is 0 Å². The number of rotatable bonds is 5. The van der Waals surface area contributed by atoms with Crippen molar-refractivity contribution in [2.24, 2.45) is 5.92 Å². The second kappa shape index (κ2) is 6.55. The summed E-state index contributed by atoms with van der Waals surface area (Å²) in [5, 5.41) is 7.59. The van der Waals surface area contributed by atoms with Crippen LogP contribution < -0.4 is 5.32 Å². The van der Waals surface area contributed by atoms with Gasteiger partial charge in [-0.15, -0.1) is 0 Å². The smallest absolute Gasteiger partial charge is 0.229 e. The minimum Gasteiger partial charge on any atom is -0.311 e. The van der Waals surface area contributed by atoms with Gasteiger partial charge in [0.2, 0.25) is 5.91 Å². The van der Waals surface area contributed by atoms with Crippen LogP contribution in [0, 0.1) is 12.8 Å². The second-order valence-corrected chi connectivity index (χ2v) is 6.66. The summed E-state index contributed by atoms with van der Waals surface area (Å²) in [6, 6.07) is 22.3. The van der Waals surface area contributed by atoms with Gasteiger partial charge < -0.3 is 5.32 Å². The van der Waals surface area contributed by atoms with Crippen LogP contribution in [0.2, 0.25) is 0 Å². The number of carbonyl (C=O) groups excluding carboxylic acids is 1. The zero-order valence-electron chi connectivity index (χ0n) is 14.2. The Morgan fingerprint density at radius 2 is 1.80 bits per heavy atom. The first-order valence-electron chi connectivity index (χ1n) is 8.65. The van der Waals surface area contributed by atoms with Gasteiger partial charge >= 0.3 is 0 Å². The molecule has 0 radical (unpaired) electrons. The van der Waals surface area contributed by atoms with Gasteiger partial charge in [0.15, 0.2) is 0 Å². The van der Waals surface area contributed by atoms with Crippen LogP contribution in [-0.2, 0) is 11.3 Å². The Hall–Kier alpha value is -2.88. The van der Waals surface area contributed by atoms with E-state index in [4.69, 9.17) is 0 Å². The Labute approximate surface area is 147 Å². The molecule has 4 nitrogen and oxygen atoms in total. The predicted octanol–water partition coefficient (Wildman–Crippen LogP) is 3.98. The topological polar surface area (TPSA) is 46.9 Å². The Bertz CT molecular complexity index is 871. The lowest BCUT2D eigenvalue weighted by Gasteiger charge is -2.09. The molecule has 2 unspecified atom stereocenters. The molecule has 25 heavy (non-hydrogen) atoms. The normalized spacial score (nSPS) is 18.8. The summed E-state index contributed by atoms with van der Waals surface area (Å²) < 4.78 is 1.86. The third-order valence-corrected chi connectivity index (χ3v) is 4.68. The lowest BCUT2D eigenvalue weighted by molar-refractivity contribution is -0.117. The van der Waals surface area contributed by atoms with Crippen molar-refractivity contribution in [3.8, 4) is 0 Å². The molecule has 2 atom stereocenters. The molecule has 3 aromatic rings. The van der Waals surface area contributed by atoms with Gasteiger partial charge in [0.1, 0.15) is 5.82 Å². The zero-order chi connectivity index (χ0) is 17.2. The molecule has 1 N–H and O–H groups in total. The van der Waals surface area contributed by atoms with Gasteiger partial charge in [0.05, 0.1) is 12.2 Å². The van der Waals surface area contributed by atoms with Crippen LogP contribution in [0.15, 0.2) is 66.7 Å². The molecule has 1 heterocycles. The van der Waals surface area contributed by atoms with E-state index >= 15 is 0 Å². The SMILES string of the molecule is Cc1cc(NC(=O)C2CC2c2ccccc2)n(Cc2ccccc2)n1. The number of amides is 1. The molecule has 0 bridgehead atoms. The van der Waals surface area contributed by atoms with E-state index in [1.165, 1.54) is 5.56 Å². The van der Waals surface area contributed by atoms with Crippen LogP contribution in [0.25, 0.3) is 0 Å². The molecule has 126 valence electrons. The molecule has 1 aliphatic rings. The van der Waals surface area contributed by atoms with Crippen LogP contribution in [-0.4, -0.2) is 15.7 Å². The first-order valence-corrected chi connectivity index (χ1v) is 8.65. The van der Waals surface area contributed by atoms with E-state index in [-0.39, 0.29) is 11.8 Å². The summed E-state index contributed by atoms with van der Waals surface area (Å²) in [4.78, 5) is 12.6. The van der Waals surface area contributed by atoms with E-state index in [0.717, 1.165) is 23.5 Å². The first-order chi connectivity index (χ1) is 12.2. The van der Waals surface area contributed by atoms with E-state index in [9.17, 15) is 4.79 Å². The maximum atomic E-state index is 12.6. The summed E-state index contributed by atoms with van der Waals surface area (Å²) >= 11 is 0. The molecule has 1 saturated carbocycles. The summed E-state index contributed by atoms with van der Waals surface area (Å²) in [7, 11) is 0. The number of anilines is 1. The number of nitrogens with one attached hydrogen (secondary N) is 1. The quantitative estimate of drug-likeness (QED) is 0.768. The summed E-state index contributed by atoms with van der Waals surface area (Å²) in [5.74, 6) is 1.25. The van der Waals surface area contributed by atoms with Gasteiger partial charge in [0.25, 0.3) is 0 Å². The standard InChI is InChI=1S/C21H21N3O/c1-15-12-20(24(23-15)14-16-8-4-2-5-9-16)22-21(25)19-13-18(19)17-10-6-3-7-11-17/h2-12,18-19H,13-14H2,1H3,(H,22,25). The molecule has 4 rings (SSSR count). The number of hydrogen-bond acceptors (Lipinski definition) is 2. The highest BCUT2D eigenvalue weighted by Gasteiger charge is 2.44. The molecule has 0 aliphatic heterocycles. The molecule has 0 saturated heterocycles. The van der Waals surface area contributed by atoms with E-state index in [1.54, 1.807) is 0 Å². The van der Waals surface area contributed by atoms with Crippen LogP contribution in [0.5, 0.6) is 0 Å². The average molecular weight is 331 g/mol. The van der Waals surface area contributed by atoms with Crippen molar-refractivity contribution in [1.82, 2.24) is 9.78 Å². The van der Waals surface area contributed by atoms with Crippen molar-refractivity contribution < 1.29 is 4.79 Å². The Kier molecular flexibility index (Phi) is 4.10. The van der Waals surface area contributed by atoms with E-state index in [0.29, 0.717) is 12.5 Å².